The highest BCUT2D eigenvalue weighted by atomic mass is 35.5. The Morgan fingerprint density at radius 3 is 2.85 bits per heavy atom. The molecule has 2 N–H and O–H groups in total. The zero-order chi connectivity index (χ0) is 13.5. The van der Waals surface area contributed by atoms with E-state index in [1.54, 1.807) is 0 Å². The van der Waals surface area contributed by atoms with Crippen LogP contribution < -0.4 is 15.4 Å². The number of carbonyl (C=O) groups excluding carboxylic acids is 1. The molecule has 0 aromatic heterocycles. The molecule has 1 heterocycles. The molecule has 4 nitrogen and oxygen atoms in total. The van der Waals surface area contributed by atoms with Crippen LogP contribution in [0.4, 0.5) is 0 Å². The lowest BCUT2D eigenvalue weighted by Gasteiger charge is -2.25. The number of amides is 1. The number of benzene rings is 1. The summed E-state index contributed by atoms with van der Waals surface area (Å²) in [5, 5.41) is 6.36. The fourth-order valence-electron chi connectivity index (χ4n) is 2.13. The fourth-order valence-corrected chi connectivity index (χ4v) is 2.13. The highest BCUT2D eigenvalue weighted by molar-refractivity contribution is 5.85. The summed E-state index contributed by atoms with van der Waals surface area (Å²) in [4.78, 5) is 12.0. The third kappa shape index (κ3) is 5.39. The van der Waals surface area contributed by atoms with Crippen molar-refractivity contribution in [2.45, 2.75) is 25.8 Å². The van der Waals surface area contributed by atoms with Crippen LogP contribution in [-0.2, 0) is 4.79 Å². The largest absolute Gasteiger partial charge is 0.493 e. The molecule has 1 saturated heterocycles. The molecule has 1 fully saturated rings. The van der Waals surface area contributed by atoms with Crippen LogP contribution in [0.2, 0.25) is 0 Å². The molecule has 0 saturated carbocycles. The van der Waals surface area contributed by atoms with E-state index in [4.69, 9.17) is 4.74 Å². The van der Waals surface area contributed by atoms with Gasteiger partial charge in [0.15, 0.2) is 0 Å². The Labute approximate surface area is 126 Å². The summed E-state index contributed by atoms with van der Waals surface area (Å²) in [5.74, 6) is 0.744. The topological polar surface area (TPSA) is 50.4 Å². The normalized spacial score (nSPS) is 19.6. The van der Waals surface area contributed by atoms with E-state index in [2.05, 4.69) is 10.6 Å². The van der Waals surface area contributed by atoms with E-state index >= 15 is 0 Å². The van der Waals surface area contributed by atoms with Crippen LogP contribution in [0.1, 0.15) is 19.8 Å². The number of ether oxygens (including phenoxy) is 1. The van der Waals surface area contributed by atoms with Crippen LogP contribution >= 0.6 is 12.4 Å². The molecule has 2 atom stereocenters. The van der Waals surface area contributed by atoms with Crippen molar-refractivity contribution < 1.29 is 9.53 Å². The summed E-state index contributed by atoms with van der Waals surface area (Å²) in [6.07, 6.45) is 2.19. The van der Waals surface area contributed by atoms with Crippen LogP contribution in [0.15, 0.2) is 30.3 Å². The van der Waals surface area contributed by atoms with E-state index in [0.29, 0.717) is 6.61 Å². The van der Waals surface area contributed by atoms with Gasteiger partial charge in [0, 0.05) is 12.6 Å². The molecule has 1 amide bonds. The van der Waals surface area contributed by atoms with E-state index in [0.717, 1.165) is 31.7 Å². The van der Waals surface area contributed by atoms with Gasteiger partial charge in [-0.15, -0.1) is 12.4 Å². The number of halogens is 1. The molecule has 1 unspecified atom stereocenters. The maximum Gasteiger partial charge on any atom is 0.226 e. The highest BCUT2D eigenvalue weighted by Gasteiger charge is 2.19. The second-order valence-corrected chi connectivity index (χ2v) is 5.08. The van der Waals surface area contributed by atoms with Crippen LogP contribution in [-0.4, -0.2) is 31.6 Å². The van der Waals surface area contributed by atoms with Gasteiger partial charge in [-0.2, -0.15) is 0 Å². The number of rotatable bonds is 5. The first-order valence-corrected chi connectivity index (χ1v) is 6.94. The molecule has 1 aliphatic heterocycles. The minimum absolute atomic E-state index is 0. The van der Waals surface area contributed by atoms with Crippen molar-refractivity contribution in [1.82, 2.24) is 10.6 Å². The molecule has 0 radical (unpaired) electrons. The Morgan fingerprint density at radius 1 is 1.45 bits per heavy atom. The van der Waals surface area contributed by atoms with Crippen LogP contribution in [0.25, 0.3) is 0 Å². The number of hydrogen-bond acceptors (Lipinski definition) is 3. The molecule has 2 rings (SSSR count). The second-order valence-electron chi connectivity index (χ2n) is 5.08. The second kappa shape index (κ2) is 8.82. The van der Waals surface area contributed by atoms with E-state index in [9.17, 15) is 4.79 Å². The third-order valence-electron chi connectivity index (χ3n) is 3.33. The van der Waals surface area contributed by atoms with Gasteiger partial charge in [0.05, 0.1) is 12.5 Å². The van der Waals surface area contributed by atoms with Crippen molar-refractivity contribution >= 4 is 18.3 Å². The van der Waals surface area contributed by atoms with Crippen LogP contribution in [0, 0.1) is 5.92 Å². The van der Waals surface area contributed by atoms with Crippen molar-refractivity contribution in [2.75, 3.05) is 19.7 Å². The third-order valence-corrected chi connectivity index (χ3v) is 3.33. The van der Waals surface area contributed by atoms with Gasteiger partial charge in [-0.25, -0.2) is 0 Å². The zero-order valence-corrected chi connectivity index (χ0v) is 12.6. The van der Waals surface area contributed by atoms with Gasteiger partial charge in [-0.3, -0.25) is 4.79 Å². The molecule has 1 aromatic carbocycles. The molecule has 20 heavy (non-hydrogen) atoms. The molecule has 1 aromatic rings. The van der Waals surface area contributed by atoms with Gasteiger partial charge in [0.25, 0.3) is 0 Å². The summed E-state index contributed by atoms with van der Waals surface area (Å²) >= 11 is 0. The minimum atomic E-state index is -0.137. The molecule has 5 heteroatoms. The molecule has 1 aliphatic rings. The average Bonchev–Trinajstić information content (AvgIpc) is 2.47. The number of hydrogen-bond donors (Lipinski definition) is 2. The van der Waals surface area contributed by atoms with Crippen LogP contribution in [0.3, 0.4) is 0 Å². The Kier molecular flexibility index (Phi) is 7.41. The lowest BCUT2D eigenvalue weighted by atomic mass is 10.1. The number of piperidine rings is 1. The summed E-state index contributed by atoms with van der Waals surface area (Å²) in [6, 6.07) is 9.85. The Bertz CT molecular complexity index is 394. The maximum atomic E-state index is 12.0. The first-order valence-electron chi connectivity index (χ1n) is 6.94. The first kappa shape index (κ1) is 16.8. The quantitative estimate of drug-likeness (QED) is 0.874. The van der Waals surface area contributed by atoms with Gasteiger partial charge in [-0.1, -0.05) is 25.1 Å². The number of para-hydroxylation sites is 1. The fraction of sp³-hybridized carbons (Fsp3) is 0.533. The molecule has 112 valence electrons. The van der Waals surface area contributed by atoms with E-state index in [-0.39, 0.29) is 30.3 Å². The zero-order valence-electron chi connectivity index (χ0n) is 11.8. The Hall–Kier alpha value is -1.26. The smallest absolute Gasteiger partial charge is 0.226 e. The maximum absolute atomic E-state index is 12.0. The van der Waals surface area contributed by atoms with E-state index in [1.807, 2.05) is 37.3 Å². The van der Waals surface area contributed by atoms with Gasteiger partial charge < -0.3 is 15.4 Å². The van der Waals surface area contributed by atoms with Crippen molar-refractivity contribution in [3.63, 3.8) is 0 Å². The average molecular weight is 299 g/mol. The van der Waals surface area contributed by atoms with E-state index < -0.39 is 0 Å². The van der Waals surface area contributed by atoms with Crippen LogP contribution in [0.5, 0.6) is 5.75 Å². The minimum Gasteiger partial charge on any atom is -0.493 e. The predicted octanol–water partition coefficient (Wildman–Crippen LogP) is 1.99. The van der Waals surface area contributed by atoms with Crippen molar-refractivity contribution in [1.29, 1.82) is 0 Å². The summed E-state index contributed by atoms with van der Waals surface area (Å²) in [6.45, 7) is 4.24. The Balaban J connectivity index is 0.00000200. The highest BCUT2D eigenvalue weighted by Crippen LogP contribution is 2.10. The predicted molar refractivity (Wildman–Crippen MR) is 82.4 cm³/mol. The lowest BCUT2D eigenvalue weighted by molar-refractivity contribution is -0.126. The summed E-state index contributed by atoms with van der Waals surface area (Å²) in [7, 11) is 0. The Morgan fingerprint density at radius 2 is 2.20 bits per heavy atom. The summed E-state index contributed by atoms with van der Waals surface area (Å²) < 4.78 is 5.60. The summed E-state index contributed by atoms with van der Waals surface area (Å²) in [5.41, 5.74) is 0. The first-order chi connectivity index (χ1) is 9.25. The molecule has 0 aliphatic carbocycles. The number of nitrogens with one attached hydrogen (secondary N) is 2. The van der Waals surface area contributed by atoms with Crippen molar-refractivity contribution in [3.8, 4) is 5.75 Å². The number of carbonyl (C=O) groups is 1. The SMILES string of the molecule is CC(COc1ccccc1)C(=O)N[C@H]1CCCNC1.Cl. The van der Waals surface area contributed by atoms with Crippen molar-refractivity contribution in [3.05, 3.63) is 30.3 Å². The van der Waals surface area contributed by atoms with Crippen molar-refractivity contribution in [2.24, 2.45) is 5.92 Å². The van der Waals surface area contributed by atoms with Gasteiger partial charge in [0.2, 0.25) is 5.91 Å². The monoisotopic (exact) mass is 298 g/mol. The van der Waals surface area contributed by atoms with Gasteiger partial charge in [0.1, 0.15) is 5.75 Å². The molecular weight excluding hydrogens is 276 g/mol. The van der Waals surface area contributed by atoms with Gasteiger partial charge >= 0.3 is 0 Å². The molecule has 0 spiro atoms. The van der Waals surface area contributed by atoms with Gasteiger partial charge in [-0.05, 0) is 31.5 Å². The van der Waals surface area contributed by atoms with E-state index in [1.165, 1.54) is 0 Å². The molecular formula is C15H23ClN2O2. The standard InChI is InChI=1S/C15H22N2O2.ClH/c1-12(11-19-14-7-3-2-4-8-14)15(18)17-13-6-5-9-16-10-13;/h2-4,7-8,12-13,16H,5-6,9-11H2,1H3,(H,17,18);1H/t12?,13-;/m0./s1. The molecule has 0 bridgehead atoms. The lowest BCUT2D eigenvalue weighted by Crippen LogP contribution is -2.47.